The lowest BCUT2D eigenvalue weighted by Crippen LogP contribution is -2.34. The minimum Gasteiger partial charge on any atom is -0.328 e. The van der Waals surface area contributed by atoms with Gasteiger partial charge in [0.1, 0.15) is 0 Å². The molecule has 1 N–H and O–H groups in total. The van der Waals surface area contributed by atoms with Crippen LogP contribution >= 0.6 is 0 Å². The highest BCUT2D eigenvalue weighted by Crippen LogP contribution is 2.33. The Kier molecular flexibility index (Phi) is 5.30. The van der Waals surface area contributed by atoms with Crippen molar-refractivity contribution in [3.05, 3.63) is 95.1 Å². The number of anilines is 1. The smallest absolute Gasteiger partial charge is 0.328 e. The Morgan fingerprint density at radius 2 is 1.76 bits per heavy atom. The van der Waals surface area contributed by atoms with Crippen LogP contribution in [0.25, 0.3) is 0 Å². The SMILES string of the molecule is N#Cc1ccc(C(=O)N2CCc3cc(S(=O)(=O)N4CC(c5ccccc5)NC4=O)ccc32)cc1. The van der Waals surface area contributed by atoms with E-state index in [0.717, 1.165) is 15.4 Å². The first kappa shape index (κ1) is 21.7. The zero-order valence-corrected chi connectivity index (χ0v) is 18.8. The van der Waals surface area contributed by atoms with Gasteiger partial charge in [-0.1, -0.05) is 30.3 Å². The van der Waals surface area contributed by atoms with Crippen molar-refractivity contribution < 1.29 is 18.0 Å². The van der Waals surface area contributed by atoms with Crippen LogP contribution in [0.4, 0.5) is 10.5 Å². The van der Waals surface area contributed by atoms with Crippen LogP contribution < -0.4 is 10.2 Å². The summed E-state index contributed by atoms with van der Waals surface area (Å²) >= 11 is 0. The third-order valence-corrected chi connectivity index (χ3v) is 7.86. The summed E-state index contributed by atoms with van der Waals surface area (Å²) in [5.41, 5.74) is 3.11. The second kappa shape index (κ2) is 8.32. The summed E-state index contributed by atoms with van der Waals surface area (Å²) < 4.78 is 27.4. The van der Waals surface area contributed by atoms with Crippen LogP contribution in [0.2, 0.25) is 0 Å². The van der Waals surface area contributed by atoms with Gasteiger partial charge in [0.2, 0.25) is 0 Å². The van der Waals surface area contributed by atoms with Crippen LogP contribution in [0.3, 0.4) is 0 Å². The number of nitriles is 1. The highest BCUT2D eigenvalue weighted by Gasteiger charge is 2.39. The Morgan fingerprint density at radius 1 is 1.03 bits per heavy atom. The van der Waals surface area contributed by atoms with E-state index in [4.69, 9.17) is 5.26 Å². The first-order chi connectivity index (χ1) is 16.4. The second-order valence-electron chi connectivity index (χ2n) is 8.14. The average Bonchev–Trinajstić information content (AvgIpc) is 3.48. The molecule has 34 heavy (non-hydrogen) atoms. The van der Waals surface area contributed by atoms with Crippen molar-refractivity contribution in [3.8, 4) is 6.07 Å². The largest absolute Gasteiger partial charge is 0.331 e. The molecule has 1 saturated heterocycles. The van der Waals surface area contributed by atoms with Crippen molar-refractivity contribution in [2.24, 2.45) is 0 Å². The number of amides is 3. The van der Waals surface area contributed by atoms with Gasteiger partial charge in [-0.25, -0.2) is 17.5 Å². The van der Waals surface area contributed by atoms with Crippen LogP contribution in [0.1, 0.15) is 33.1 Å². The van der Waals surface area contributed by atoms with Gasteiger partial charge < -0.3 is 10.2 Å². The molecular weight excluding hydrogens is 452 g/mol. The van der Waals surface area contributed by atoms with E-state index in [9.17, 15) is 18.0 Å². The van der Waals surface area contributed by atoms with Gasteiger partial charge in [-0.3, -0.25) is 4.79 Å². The number of benzene rings is 3. The number of carbonyl (C=O) groups excluding carboxylic acids is 2. The second-order valence-corrected chi connectivity index (χ2v) is 10.00. The van der Waals surface area contributed by atoms with Crippen LogP contribution in [-0.4, -0.2) is 37.8 Å². The average molecular weight is 473 g/mol. The van der Waals surface area contributed by atoms with Gasteiger partial charge in [0.05, 0.1) is 29.1 Å². The van der Waals surface area contributed by atoms with Gasteiger partial charge in [-0.2, -0.15) is 5.26 Å². The van der Waals surface area contributed by atoms with E-state index in [1.165, 1.54) is 6.07 Å². The molecule has 8 nitrogen and oxygen atoms in total. The molecule has 0 aromatic heterocycles. The molecule has 0 saturated carbocycles. The van der Waals surface area contributed by atoms with E-state index in [1.54, 1.807) is 41.3 Å². The zero-order valence-electron chi connectivity index (χ0n) is 18.0. The van der Waals surface area contributed by atoms with Gasteiger partial charge in [0.25, 0.3) is 15.9 Å². The van der Waals surface area contributed by atoms with Crippen LogP contribution in [-0.2, 0) is 16.4 Å². The Balaban J connectivity index is 1.38. The van der Waals surface area contributed by atoms with E-state index in [-0.39, 0.29) is 17.3 Å². The molecule has 0 radical (unpaired) electrons. The summed E-state index contributed by atoms with van der Waals surface area (Å²) in [6, 6.07) is 21.1. The van der Waals surface area contributed by atoms with E-state index < -0.39 is 22.1 Å². The Bertz CT molecular complexity index is 1430. The molecule has 3 aromatic carbocycles. The van der Waals surface area contributed by atoms with Crippen molar-refractivity contribution in [3.63, 3.8) is 0 Å². The molecule has 0 bridgehead atoms. The Labute approximate surface area is 197 Å². The van der Waals surface area contributed by atoms with E-state index in [1.807, 2.05) is 36.4 Å². The van der Waals surface area contributed by atoms with Crippen LogP contribution in [0, 0.1) is 11.3 Å². The van der Waals surface area contributed by atoms with E-state index in [2.05, 4.69) is 5.32 Å². The standard InChI is InChI=1S/C25H20N4O4S/c26-15-17-6-8-19(9-7-17)24(30)28-13-12-20-14-21(10-11-23(20)28)34(32,33)29-16-22(27-25(29)31)18-4-2-1-3-5-18/h1-11,14,22H,12-13,16H2,(H,27,31). The van der Waals surface area contributed by atoms with Crippen molar-refractivity contribution in [2.45, 2.75) is 17.4 Å². The molecule has 170 valence electrons. The normalized spacial score (nSPS) is 17.3. The van der Waals surface area contributed by atoms with E-state index >= 15 is 0 Å². The topological polar surface area (TPSA) is 111 Å². The lowest BCUT2D eigenvalue weighted by Gasteiger charge is -2.19. The fourth-order valence-electron chi connectivity index (χ4n) is 4.32. The summed E-state index contributed by atoms with van der Waals surface area (Å²) in [5.74, 6) is -0.219. The summed E-state index contributed by atoms with van der Waals surface area (Å²) in [7, 11) is -4.06. The highest BCUT2D eigenvalue weighted by atomic mass is 32.2. The predicted molar refractivity (Wildman–Crippen MR) is 125 cm³/mol. The molecule has 1 atom stereocenters. The van der Waals surface area contributed by atoms with Crippen molar-refractivity contribution in [2.75, 3.05) is 18.0 Å². The monoisotopic (exact) mass is 472 g/mol. The van der Waals surface area contributed by atoms with Gasteiger partial charge in [0, 0.05) is 17.8 Å². The first-order valence-corrected chi connectivity index (χ1v) is 12.2. The summed E-state index contributed by atoms with van der Waals surface area (Å²) in [5, 5.41) is 11.7. The molecule has 2 aliphatic heterocycles. The third-order valence-electron chi connectivity index (χ3n) is 6.12. The number of nitrogens with one attached hydrogen (secondary N) is 1. The third kappa shape index (κ3) is 3.68. The molecular formula is C25H20N4O4S. The lowest BCUT2D eigenvalue weighted by molar-refractivity contribution is 0.0989. The number of urea groups is 1. The van der Waals surface area contributed by atoms with Gasteiger partial charge in [-0.05, 0) is 60.0 Å². The Morgan fingerprint density at radius 3 is 2.47 bits per heavy atom. The number of fused-ring (bicyclic) bond motifs is 1. The molecule has 0 spiro atoms. The molecule has 5 rings (SSSR count). The Hall–Kier alpha value is -4.16. The minimum absolute atomic E-state index is 0.00552. The maximum Gasteiger partial charge on any atom is 0.331 e. The molecule has 2 heterocycles. The van der Waals surface area contributed by atoms with Gasteiger partial charge >= 0.3 is 6.03 Å². The molecule has 1 fully saturated rings. The number of carbonyl (C=O) groups is 2. The molecule has 0 aliphatic carbocycles. The first-order valence-electron chi connectivity index (χ1n) is 10.7. The van der Waals surface area contributed by atoms with Crippen LogP contribution in [0.15, 0.2) is 77.7 Å². The fourth-order valence-corrected chi connectivity index (χ4v) is 5.72. The van der Waals surface area contributed by atoms with Crippen LogP contribution in [0.5, 0.6) is 0 Å². The van der Waals surface area contributed by atoms with Gasteiger partial charge in [0.15, 0.2) is 0 Å². The molecule has 3 amide bonds. The van der Waals surface area contributed by atoms with Gasteiger partial charge in [-0.15, -0.1) is 0 Å². The summed E-state index contributed by atoms with van der Waals surface area (Å²) in [4.78, 5) is 27.1. The molecule has 2 aliphatic rings. The highest BCUT2D eigenvalue weighted by molar-refractivity contribution is 7.89. The van der Waals surface area contributed by atoms with E-state index in [0.29, 0.717) is 29.8 Å². The minimum atomic E-state index is -4.06. The summed E-state index contributed by atoms with van der Waals surface area (Å²) in [6.07, 6.45) is 0.500. The lowest BCUT2D eigenvalue weighted by atomic mass is 10.1. The number of rotatable bonds is 4. The van der Waals surface area contributed by atoms with Crippen molar-refractivity contribution in [1.82, 2.24) is 9.62 Å². The zero-order chi connectivity index (χ0) is 23.9. The number of sulfonamides is 1. The number of nitrogens with zero attached hydrogens (tertiary/aromatic N) is 3. The maximum absolute atomic E-state index is 13.3. The quantitative estimate of drug-likeness (QED) is 0.627. The molecule has 9 heteroatoms. The molecule has 1 unspecified atom stereocenters. The number of hydrogen-bond acceptors (Lipinski definition) is 5. The number of hydrogen-bond donors (Lipinski definition) is 1. The molecule has 3 aromatic rings. The fraction of sp³-hybridized carbons (Fsp3) is 0.160. The predicted octanol–water partition coefficient (Wildman–Crippen LogP) is 3.22. The van der Waals surface area contributed by atoms with Crippen molar-refractivity contribution >= 4 is 27.6 Å². The maximum atomic E-state index is 13.3. The van der Waals surface area contributed by atoms with Crippen molar-refractivity contribution in [1.29, 1.82) is 5.26 Å². The summed E-state index contributed by atoms with van der Waals surface area (Å²) in [6.45, 7) is 0.420.